The summed E-state index contributed by atoms with van der Waals surface area (Å²) >= 11 is 0. The molecule has 1 amide bonds. The van der Waals surface area contributed by atoms with Crippen LogP contribution in [0.3, 0.4) is 0 Å². The van der Waals surface area contributed by atoms with Crippen LogP contribution in [0.2, 0.25) is 0 Å². The number of anilines is 1. The third-order valence-corrected chi connectivity index (χ3v) is 8.00. The summed E-state index contributed by atoms with van der Waals surface area (Å²) in [7, 11) is 0. The number of rotatable bonds is 6. The zero-order valence-electron chi connectivity index (χ0n) is 21.0. The van der Waals surface area contributed by atoms with Crippen LogP contribution >= 0.6 is 0 Å². The number of hydrogen-bond donors (Lipinski definition) is 2. The van der Waals surface area contributed by atoms with Crippen LogP contribution in [-0.4, -0.2) is 40.0 Å². The van der Waals surface area contributed by atoms with E-state index in [0.29, 0.717) is 31.5 Å². The standard InChI is InChI=1S/C32H29N3O3/c36-28(37)21-25-9-6-18-33-29(25)30(24-14-12-23(13-15-24)22-7-2-1-3-8-22)35-19-16-32(17-20-35)26-10-4-5-11-27(26)34-31(32)38/h1-15,18,30H,16-17,19-21H2,(H,34,38)(H,36,37). The van der Waals surface area contributed by atoms with Crippen LogP contribution < -0.4 is 5.32 Å². The monoisotopic (exact) mass is 503 g/mol. The maximum atomic E-state index is 13.2. The van der Waals surface area contributed by atoms with Gasteiger partial charge in [0.2, 0.25) is 5.91 Å². The van der Waals surface area contributed by atoms with Crippen LogP contribution in [0.4, 0.5) is 5.69 Å². The molecule has 4 aromatic rings. The maximum absolute atomic E-state index is 13.2. The van der Waals surface area contributed by atoms with Gasteiger partial charge in [0, 0.05) is 25.0 Å². The highest BCUT2D eigenvalue weighted by Gasteiger charge is 2.49. The smallest absolute Gasteiger partial charge is 0.307 e. The lowest BCUT2D eigenvalue weighted by Crippen LogP contribution is -2.47. The molecule has 2 N–H and O–H groups in total. The first-order chi connectivity index (χ1) is 18.5. The van der Waals surface area contributed by atoms with Crippen molar-refractivity contribution in [2.45, 2.75) is 30.7 Å². The summed E-state index contributed by atoms with van der Waals surface area (Å²) in [6, 6.07) is 30.1. The highest BCUT2D eigenvalue weighted by molar-refractivity contribution is 6.06. The predicted octanol–water partition coefficient (Wildman–Crippen LogP) is 5.45. The number of aromatic nitrogens is 1. The second kappa shape index (κ2) is 9.88. The van der Waals surface area contributed by atoms with Gasteiger partial charge in [0.25, 0.3) is 0 Å². The Morgan fingerprint density at radius 3 is 2.32 bits per heavy atom. The highest BCUT2D eigenvalue weighted by Crippen LogP contribution is 2.46. The van der Waals surface area contributed by atoms with Gasteiger partial charge in [-0.05, 0) is 52.8 Å². The molecule has 6 heteroatoms. The summed E-state index contributed by atoms with van der Waals surface area (Å²) in [4.78, 5) is 31.9. The molecule has 1 fully saturated rings. The number of nitrogens with one attached hydrogen (secondary N) is 1. The molecule has 0 radical (unpaired) electrons. The molecule has 1 atom stereocenters. The van der Waals surface area contributed by atoms with Crippen LogP contribution in [-0.2, 0) is 21.4 Å². The van der Waals surface area contributed by atoms with Crippen molar-refractivity contribution in [3.8, 4) is 11.1 Å². The van der Waals surface area contributed by atoms with E-state index in [0.717, 1.165) is 33.6 Å². The van der Waals surface area contributed by atoms with Crippen LogP contribution in [0.1, 0.15) is 41.3 Å². The Morgan fingerprint density at radius 1 is 0.895 bits per heavy atom. The Kier molecular flexibility index (Phi) is 6.26. The number of aliphatic carboxylic acids is 1. The number of benzene rings is 3. The van der Waals surface area contributed by atoms with E-state index >= 15 is 0 Å². The Morgan fingerprint density at radius 2 is 1.58 bits per heavy atom. The Bertz CT molecular complexity index is 1480. The molecule has 0 bridgehead atoms. The number of amides is 1. The van der Waals surface area contributed by atoms with E-state index < -0.39 is 11.4 Å². The second-order valence-corrected chi connectivity index (χ2v) is 10.1. The highest BCUT2D eigenvalue weighted by atomic mass is 16.4. The van der Waals surface area contributed by atoms with Crippen molar-refractivity contribution in [3.63, 3.8) is 0 Å². The van der Waals surface area contributed by atoms with Crippen molar-refractivity contribution in [2.24, 2.45) is 0 Å². The molecule has 6 rings (SSSR count). The SMILES string of the molecule is O=C(O)Cc1cccnc1C(c1ccc(-c2ccccc2)cc1)N1CCC2(CC1)C(=O)Nc1ccccc12. The number of fused-ring (bicyclic) bond motifs is 2. The number of piperidine rings is 1. The Labute approximate surface area is 222 Å². The van der Waals surface area contributed by atoms with Crippen LogP contribution in [0, 0.1) is 0 Å². The minimum Gasteiger partial charge on any atom is -0.481 e. The molecular formula is C32H29N3O3. The van der Waals surface area contributed by atoms with Gasteiger partial charge in [0.1, 0.15) is 0 Å². The average Bonchev–Trinajstić information content (AvgIpc) is 3.22. The first-order valence-electron chi connectivity index (χ1n) is 13.0. The van der Waals surface area contributed by atoms with Gasteiger partial charge in [-0.15, -0.1) is 0 Å². The van der Waals surface area contributed by atoms with Gasteiger partial charge in [-0.25, -0.2) is 0 Å². The van der Waals surface area contributed by atoms with Crippen molar-refractivity contribution in [1.29, 1.82) is 0 Å². The minimum atomic E-state index is -0.880. The minimum absolute atomic E-state index is 0.0755. The first-order valence-corrected chi connectivity index (χ1v) is 13.0. The van der Waals surface area contributed by atoms with Gasteiger partial charge in [0.15, 0.2) is 0 Å². The maximum Gasteiger partial charge on any atom is 0.307 e. The summed E-state index contributed by atoms with van der Waals surface area (Å²) in [5.74, 6) is -0.805. The molecule has 0 aliphatic carbocycles. The predicted molar refractivity (Wildman–Crippen MR) is 147 cm³/mol. The normalized spacial score (nSPS) is 17.1. The fourth-order valence-corrected chi connectivity index (χ4v) is 6.07. The van der Waals surface area contributed by atoms with Crippen molar-refractivity contribution < 1.29 is 14.7 Å². The lowest BCUT2D eigenvalue weighted by atomic mass is 9.73. The lowest BCUT2D eigenvalue weighted by molar-refractivity contribution is -0.136. The Balaban J connectivity index is 1.36. The number of nitrogens with zero attached hydrogens (tertiary/aromatic N) is 2. The molecule has 190 valence electrons. The number of carboxylic acid groups (broad SMARTS) is 1. The molecule has 1 unspecified atom stereocenters. The third kappa shape index (κ3) is 4.27. The van der Waals surface area contributed by atoms with Gasteiger partial charge >= 0.3 is 5.97 Å². The van der Waals surface area contributed by atoms with Gasteiger partial charge in [0.05, 0.1) is 23.6 Å². The zero-order chi connectivity index (χ0) is 26.1. The first kappa shape index (κ1) is 24.1. The van der Waals surface area contributed by atoms with Crippen molar-refractivity contribution in [2.75, 3.05) is 18.4 Å². The number of likely N-dealkylation sites (tertiary alicyclic amines) is 1. The summed E-state index contributed by atoms with van der Waals surface area (Å²) in [6.45, 7) is 1.38. The summed E-state index contributed by atoms with van der Waals surface area (Å²) in [6.07, 6.45) is 3.03. The molecule has 2 aliphatic heterocycles. The van der Waals surface area contributed by atoms with E-state index in [1.54, 1.807) is 12.3 Å². The van der Waals surface area contributed by atoms with Crippen LogP contribution in [0.5, 0.6) is 0 Å². The van der Waals surface area contributed by atoms with Crippen molar-refractivity contribution in [1.82, 2.24) is 9.88 Å². The molecule has 6 nitrogen and oxygen atoms in total. The van der Waals surface area contributed by atoms with Gasteiger partial charge in [-0.1, -0.05) is 78.9 Å². The van der Waals surface area contributed by atoms with E-state index in [4.69, 9.17) is 4.98 Å². The van der Waals surface area contributed by atoms with Crippen molar-refractivity contribution in [3.05, 3.63) is 120 Å². The van der Waals surface area contributed by atoms with Gasteiger partial charge < -0.3 is 10.4 Å². The topological polar surface area (TPSA) is 82.5 Å². The average molecular weight is 504 g/mol. The van der Waals surface area contributed by atoms with Crippen molar-refractivity contribution >= 4 is 17.6 Å². The molecule has 38 heavy (non-hydrogen) atoms. The summed E-state index contributed by atoms with van der Waals surface area (Å²) in [5.41, 5.74) is 6.26. The molecule has 2 aliphatic rings. The largest absolute Gasteiger partial charge is 0.481 e. The zero-order valence-corrected chi connectivity index (χ0v) is 21.0. The van der Waals surface area contributed by atoms with Gasteiger partial charge in [-0.2, -0.15) is 0 Å². The fourth-order valence-electron chi connectivity index (χ4n) is 6.07. The quantitative estimate of drug-likeness (QED) is 0.366. The molecule has 1 aromatic heterocycles. The second-order valence-electron chi connectivity index (χ2n) is 10.1. The molecule has 0 saturated carbocycles. The van der Waals surface area contributed by atoms with E-state index in [2.05, 4.69) is 52.7 Å². The summed E-state index contributed by atoms with van der Waals surface area (Å²) < 4.78 is 0. The third-order valence-electron chi connectivity index (χ3n) is 8.00. The van der Waals surface area contributed by atoms with E-state index in [1.165, 1.54) is 0 Å². The number of pyridine rings is 1. The molecule has 3 aromatic carbocycles. The molecule has 1 spiro atoms. The molecule has 1 saturated heterocycles. The van der Waals surface area contributed by atoms with E-state index in [9.17, 15) is 14.7 Å². The number of carbonyl (C=O) groups excluding carboxylic acids is 1. The van der Waals surface area contributed by atoms with Crippen LogP contribution in [0.25, 0.3) is 11.1 Å². The van der Waals surface area contributed by atoms with Gasteiger partial charge in [-0.3, -0.25) is 19.5 Å². The Hall–Kier alpha value is -4.29. The number of para-hydroxylation sites is 1. The van der Waals surface area contributed by atoms with E-state index in [1.807, 2.05) is 42.5 Å². The molecule has 3 heterocycles. The number of hydrogen-bond acceptors (Lipinski definition) is 4. The number of carboxylic acids is 1. The lowest BCUT2D eigenvalue weighted by Gasteiger charge is -2.42. The number of carbonyl (C=O) groups is 2. The fraction of sp³-hybridized carbons (Fsp3) is 0.219. The molecular weight excluding hydrogens is 474 g/mol. The summed E-state index contributed by atoms with van der Waals surface area (Å²) in [5, 5.41) is 12.7. The van der Waals surface area contributed by atoms with E-state index in [-0.39, 0.29) is 18.4 Å². The van der Waals surface area contributed by atoms with Crippen LogP contribution in [0.15, 0.2) is 97.2 Å².